The van der Waals surface area contributed by atoms with Crippen molar-refractivity contribution in [2.24, 2.45) is 0 Å². The van der Waals surface area contributed by atoms with Gasteiger partial charge in [0.25, 0.3) is 0 Å². The Bertz CT molecular complexity index is 688. The minimum absolute atomic E-state index is 0.151. The highest BCUT2D eigenvalue weighted by atomic mass is 32.2. The van der Waals surface area contributed by atoms with Gasteiger partial charge in [-0.3, -0.25) is 0 Å². The third kappa shape index (κ3) is 3.52. The van der Waals surface area contributed by atoms with Crippen LogP contribution in [0.3, 0.4) is 0 Å². The van der Waals surface area contributed by atoms with Gasteiger partial charge in [0, 0.05) is 11.1 Å². The summed E-state index contributed by atoms with van der Waals surface area (Å²) in [5.74, 6) is -2.45. The predicted molar refractivity (Wildman–Crippen MR) is 66.7 cm³/mol. The predicted octanol–water partition coefficient (Wildman–Crippen LogP) is 4.09. The van der Waals surface area contributed by atoms with Crippen molar-refractivity contribution in [2.45, 2.75) is 16.1 Å². The van der Waals surface area contributed by atoms with Gasteiger partial charge in [0.05, 0.1) is 11.1 Å². The second-order valence-electron chi connectivity index (χ2n) is 3.90. The molecule has 0 saturated heterocycles. The molecule has 0 spiro atoms. The Balaban J connectivity index is 2.40. The van der Waals surface area contributed by atoms with Gasteiger partial charge in [0.15, 0.2) is 0 Å². The van der Waals surface area contributed by atoms with E-state index in [1.807, 2.05) is 0 Å². The van der Waals surface area contributed by atoms with Crippen molar-refractivity contribution < 1.29 is 27.5 Å². The first kappa shape index (κ1) is 15.3. The summed E-state index contributed by atoms with van der Waals surface area (Å²) in [6.07, 6.45) is -3.38. The molecule has 2 rings (SSSR count). The van der Waals surface area contributed by atoms with Gasteiger partial charge in [-0.15, -0.1) is 0 Å². The molecule has 1 heterocycles. The number of halogens is 4. The van der Waals surface area contributed by atoms with Crippen molar-refractivity contribution in [3.63, 3.8) is 0 Å². The second-order valence-corrected chi connectivity index (χ2v) is 4.96. The van der Waals surface area contributed by atoms with Crippen LogP contribution in [0.4, 0.5) is 17.6 Å². The van der Waals surface area contributed by atoms with Gasteiger partial charge in [0.1, 0.15) is 10.8 Å². The molecular weight excluding hydrogens is 310 g/mol. The molecule has 0 fully saturated rings. The molecule has 3 nitrogen and oxygen atoms in total. The molecule has 0 aliphatic carbocycles. The van der Waals surface area contributed by atoms with Gasteiger partial charge in [-0.05, 0) is 30.3 Å². The standard InChI is InChI=1S/C13H7F4NO2S/c14-10-4-3-7(6-8(10)12(19)20)21-11-9(13(15,16)17)2-1-5-18-11/h1-6H,(H,19,20). The molecule has 0 radical (unpaired) electrons. The number of carboxylic acid groups (broad SMARTS) is 1. The van der Waals surface area contributed by atoms with Gasteiger partial charge in [-0.25, -0.2) is 14.2 Å². The van der Waals surface area contributed by atoms with E-state index in [0.717, 1.165) is 24.3 Å². The molecule has 21 heavy (non-hydrogen) atoms. The average molecular weight is 317 g/mol. The molecule has 110 valence electrons. The molecular formula is C13H7F4NO2S. The van der Waals surface area contributed by atoms with E-state index in [4.69, 9.17) is 5.11 Å². The minimum atomic E-state index is -4.58. The molecule has 2 aromatic rings. The molecule has 8 heteroatoms. The molecule has 0 saturated carbocycles. The maximum absolute atomic E-state index is 13.2. The number of aromatic nitrogens is 1. The normalized spacial score (nSPS) is 11.4. The third-order valence-corrected chi connectivity index (χ3v) is 3.47. The van der Waals surface area contributed by atoms with Crippen molar-refractivity contribution in [3.8, 4) is 0 Å². The van der Waals surface area contributed by atoms with Crippen LogP contribution in [-0.2, 0) is 6.18 Å². The van der Waals surface area contributed by atoms with Crippen LogP contribution < -0.4 is 0 Å². The Morgan fingerprint density at radius 1 is 1.24 bits per heavy atom. The van der Waals surface area contributed by atoms with E-state index in [9.17, 15) is 22.4 Å². The van der Waals surface area contributed by atoms with E-state index in [2.05, 4.69) is 4.98 Å². The Morgan fingerprint density at radius 2 is 1.95 bits per heavy atom. The number of hydrogen-bond acceptors (Lipinski definition) is 3. The number of aromatic carboxylic acids is 1. The largest absolute Gasteiger partial charge is 0.478 e. The fourth-order valence-electron chi connectivity index (χ4n) is 1.53. The number of rotatable bonds is 3. The van der Waals surface area contributed by atoms with Crippen LogP contribution in [0.5, 0.6) is 0 Å². The number of carboxylic acids is 1. The Hall–Kier alpha value is -2.09. The van der Waals surface area contributed by atoms with Crippen molar-refractivity contribution in [1.82, 2.24) is 4.98 Å². The minimum Gasteiger partial charge on any atom is -0.478 e. The molecule has 0 unspecified atom stereocenters. The highest BCUT2D eigenvalue weighted by molar-refractivity contribution is 7.99. The topological polar surface area (TPSA) is 50.2 Å². The van der Waals surface area contributed by atoms with E-state index in [-0.39, 0.29) is 9.92 Å². The van der Waals surface area contributed by atoms with E-state index in [0.29, 0.717) is 11.8 Å². The number of hydrogen-bond donors (Lipinski definition) is 1. The molecule has 0 amide bonds. The smallest absolute Gasteiger partial charge is 0.419 e. The molecule has 1 N–H and O–H groups in total. The number of nitrogens with zero attached hydrogens (tertiary/aromatic N) is 1. The van der Waals surface area contributed by atoms with Crippen molar-refractivity contribution in [3.05, 3.63) is 53.5 Å². The van der Waals surface area contributed by atoms with Crippen LogP contribution in [0.15, 0.2) is 46.5 Å². The van der Waals surface area contributed by atoms with Gasteiger partial charge in [-0.2, -0.15) is 13.2 Å². The molecule has 0 aliphatic rings. The summed E-state index contributed by atoms with van der Waals surface area (Å²) >= 11 is 0.620. The first-order valence-electron chi connectivity index (χ1n) is 5.52. The van der Waals surface area contributed by atoms with E-state index >= 15 is 0 Å². The lowest BCUT2D eigenvalue weighted by Gasteiger charge is -2.11. The lowest BCUT2D eigenvalue weighted by molar-refractivity contribution is -0.140. The Morgan fingerprint density at radius 3 is 2.57 bits per heavy atom. The Kier molecular flexibility index (Phi) is 4.17. The summed E-state index contributed by atoms with van der Waals surface area (Å²) in [5, 5.41) is 8.47. The van der Waals surface area contributed by atoms with Gasteiger partial charge in [0.2, 0.25) is 0 Å². The van der Waals surface area contributed by atoms with Crippen LogP contribution in [0.1, 0.15) is 15.9 Å². The third-order valence-electron chi connectivity index (χ3n) is 2.46. The highest BCUT2D eigenvalue weighted by Gasteiger charge is 2.34. The van der Waals surface area contributed by atoms with Crippen LogP contribution in [0, 0.1) is 5.82 Å². The van der Waals surface area contributed by atoms with Crippen LogP contribution >= 0.6 is 11.8 Å². The van der Waals surface area contributed by atoms with Crippen LogP contribution in [0.2, 0.25) is 0 Å². The zero-order valence-corrected chi connectivity index (χ0v) is 11.0. The van der Waals surface area contributed by atoms with Crippen molar-refractivity contribution >= 4 is 17.7 Å². The fourth-order valence-corrected chi connectivity index (χ4v) is 2.47. The summed E-state index contributed by atoms with van der Waals surface area (Å²) in [6.45, 7) is 0. The first-order valence-corrected chi connectivity index (χ1v) is 6.33. The van der Waals surface area contributed by atoms with Crippen molar-refractivity contribution in [2.75, 3.05) is 0 Å². The molecule has 0 aliphatic heterocycles. The summed E-state index contributed by atoms with van der Waals surface area (Å²) in [4.78, 5) is 14.6. The Labute approximate surface area is 120 Å². The van der Waals surface area contributed by atoms with Gasteiger partial charge < -0.3 is 5.11 Å². The summed E-state index contributed by atoms with van der Waals surface area (Å²) in [5.41, 5.74) is -1.54. The van der Waals surface area contributed by atoms with Gasteiger partial charge in [-0.1, -0.05) is 11.8 Å². The zero-order valence-electron chi connectivity index (χ0n) is 10.2. The average Bonchev–Trinajstić information content (AvgIpc) is 2.40. The number of carbonyl (C=O) groups is 1. The molecule has 1 aromatic carbocycles. The first-order chi connectivity index (χ1) is 9.79. The van der Waals surface area contributed by atoms with Crippen molar-refractivity contribution in [1.29, 1.82) is 0 Å². The fraction of sp³-hybridized carbons (Fsp3) is 0.0769. The van der Waals surface area contributed by atoms with Crippen LogP contribution in [-0.4, -0.2) is 16.1 Å². The molecule has 0 bridgehead atoms. The van der Waals surface area contributed by atoms with E-state index < -0.39 is 29.1 Å². The summed E-state index contributed by atoms with van der Waals surface area (Å²) in [6, 6.07) is 5.08. The molecule has 1 aromatic heterocycles. The molecule has 0 atom stereocenters. The maximum Gasteiger partial charge on any atom is 0.419 e. The number of pyridine rings is 1. The van der Waals surface area contributed by atoms with Crippen LogP contribution in [0.25, 0.3) is 0 Å². The monoisotopic (exact) mass is 317 g/mol. The number of benzene rings is 1. The maximum atomic E-state index is 13.2. The lowest BCUT2D eigenvalue weighted by Crippen LogP contribution is -2.07. The highest BCUT2D eigenvalue weighted by Crippen LogP contribution is 2.38. The van der Waals surface area contributed by atoms with Gasteiger partial charge >= 0.3 is 12.1 Å². The summed E-state index contributed by atoms with van der Waals surface area (Å²) < 4.78 is 51.7. The van der Waals surface area contributed by atoms with E-state index in [1.165, 1.54) is 12.3 Å². The SMILES string of the molecule is O=C(O)c1cc(Sc2ncccc2C(F)(F)F)ccc1F. The van der Waals surface area contributed by atoms with E-state index in [1.54, 1.807) is 0 Å². The quantitative estimate of drug-likeness (QED) is 0.866. The summed E-state index contributed by atoms with van der Waals surface area (Å²) in [7, 11) is 0. The second kappa shape index (κ2) is 5.72. The number of alkyl halides is 3. The lowest BCUT2D eigenvalue weighted by atomic mass is 10.2. The zero-order chi connectivity index (χ0) is 15.6.